The fourth-order valence-electron chi connectivity index (χ4n) is 1.13. The van der Waals surface area contributed by atoms with Gasteiger partial charge in [-0.05, 0) is 6.42 Å². The Labute approximate surface area is 102 Å². The zero-order chi connectivity index (χ0) is 11.3. The summed E-state index contributed by atoms with van der Waals surface area (Å²) in [6, 6.07) is 0. The molecule has 0 aliphatic carbocycles. The highest BCUT2D eigenvalue weighted by Crippen LogP contribution is 2.31. The molecule has 1 aromatic heterocycles. The van der Waals surface area contributed by atoms with Crippen LogP contribution >= 0.6 is 27.3 Å². The molecule has 1 aromatic rings. The van der Waals surface area contributed by atoms with E-state index >= 15 is 0 Å². The van der Waals surface area contributed by atoms with Crippen molar-refractivity contribution in [3.63, 3.8) is 0 Å². The zero-order valence-electron chi connectivity index (χ0n) is 8.83. The maximum Gasteiger partial charge on any atom is 0.349 e. The Morgan fingerprint density at radius 1 is 1.73 bits per heavy atom. The van der Waals surface area contributed by atoms with Gasteiger partial charge >= 0.3 is 5.97 Å². The molecule has 1 atom stereocenters. The van der Waals surface area contributed by atoms with E-state index in [1.165, 1.54) is 18.4 Å². The van der Waals surface area contributed by atoms with Crippen molar-refractivity contribution in [2.75, 3.05) is 7.11 Å². The number of rotatable bonds is 5. The summed E-state index contributed by atoms with van der Waals surface area (Å²) >= 11 is 4.96. The van der Waals surface area contributed by atoms with Crippen molar-refractivity contribution in [1.29, 1.82) is 0 Å². The molecule has 0 radical (unpaired) electrons. The maximum atomic E-state index is 11.2. The highest BCUT2D eigenvalue weighted by Gasteiger charge is 2.15. The molecule has 0 bridgehead atoms. The van der Waals surface area contributed by atoms with Gasteiger partial charge in [-0.3, -0.25) is 0 Å². The lowest BCUT2D eigenvalue weighted by Crippen LogP contribution is -1.96. The third-order valence-electron chi connectivity index (χ3n) is 1.99. The van der Waals surface area contributed by atoms with E-state index in [0.29, 0.717) is 4.88 Å². The highest BCUT2D eigenvalue weighted by atomic mass is 79.9. The first-order valence-electron chi connectivity index (χ1n) is 4.87. The average molecular weight is 292 g/mol. The van der Waals surface area contributed by atoms with Gasteiger partial charge in [0, 0.05) is 0 Å². The Kier molecular flexibility index (Phi) is 5.25. The molecule has 0 saturated heterocycles. The molecule has 0 fully saturated rings. The topological polar surface area (TPSA) is 39.2 Å². The molecule has 0 saturated carbocycles. The number of carbonyl (C=O) groups is 1. The summed E-state index contributed by atoms with van der Waals surface area (Å²) in [5.74, 6) is -0.311. The minimum absolute atomic E-state index is 0.251. The van der Waals surface area contributed by atoms with Crippen LogP contribution in [0, 0.1) is 0 Å². The molecule has 0 amide bonds. The van der Waals surface area contributed by atoms with Crippen molar-refractivity contribution in [2.24, 2.45) is 0 Å². The first-order chi connectivity index (χ1) is 7.19. The van der Waals surface area contributed by atoms with Crippen molar-refractivity contribution < 1.29 is 9.53 Å². The Bertz CT molecular complexity index is 327. The first kappa shape index (κ1) is 12.6. The standard InChI is InChI=1S/C10H14BrNO2S/c1-3-4-5-7(11)9-12-6-8(15-9)10(13)14-2/h6-7H,3-5H2,1-2H3. The normalized spacial score (nSPS) is 12.5. The smallest absolute Gasteiger partial charge is 0.349 e. The van der Waals surface area contributed by atoms with Crippen LogP contribution in [0.1, 0.15) is 45.7 Å². The fraction of sp³-hybridized carbons (Fsp3) is 0.600. The van der Waals surface area contributed by atoms with Crippen LogP contribution in [-0.4, -0.2) is 18.1 Å². The number of halogens is 1. The largest absolute Gasteiger partial charge is 0.465 e. The summed E-state index contributed by atoms with van der Waals surface area (Å²) in [5, 5.41) is 0.948. The summed E-state index contributed by atoms with van der Waals surface area (Å²) in [6.07, 6.45) is 4.94. The summed E-state index contributed by atoms with van der Waals surface area (Å²) < 4.78 is 4.63. The van der Waals surface area contributed by atoms with Gasteiger partial charge in [0.25, 0.3) is 0 Å². The molecule has 0 aromatic carbocycles. The second kappa shape index (κ2) is 6.23. The van der Waals surface area contributed by atoms with Crippen LogP contribution in [-0.2, 0) is 4.74 Å². The number of alkyl halides is 1. The van der Waals surface area contributed by atoms with Crippen LogP contribution in [0.3, 0.4) is 0 Å². The molecule has 1 heterocycles. The number of carbonyl (C=O) groups excluding carboxylic acids is 1. The number of unbranched alkanes of at least 4 members (excludes halogenated alkanes) is 1. The van der Waals surface area contributed by atoms with Crippen LogP contribution < -0.4 is 0 Å². The molecule has 0 aliphatic heterocycles. The summed E-state index contributed by atoms with van der Waals surface area (Å²) in [6.45, 7) is 2.15. The minimum Gasteiger partial charge on any atom is -0.465 e. The fourth-order valence-corrected chi connectivity index (χ4v) is 2.71. The van der Waals surface area contributed by atoms with Gasteiger partial charge in [-0.15, -0.1) is 11.3 Å². The van der Waals surface area contributed by atoms with Crippen LogP contribution in [0.25, 0.3) is 0 Å². The highest BCUT2D eigenvalue weighted by molar-refractivity contribution is 9.09. The second-order valence-corrected chi connectivity index (χ2v) is 5.33. The third-order valence-corrected chi connectivity index (χ3v) is 4.27. The van der Waals surface area contributed by atoms with E-state index < -0.39 is 0 Å². The average Bonchev–Trinajstić information content (AvgIpc) is 2.74. The van der Waals surface area contributed by atoms with E-state index in [1.54, 1.807) is 6.20 Å². The number of esters is 1. The number of aromatic nitrogens is 1. The van der Waals surface area contributed by atoms with Crippen molar-refractivity contribution in [2.45, 2.75) is 31.0 Å². The lowest BCUT2D eigenvalue weighted by Gasteiger charge is -2.03. The van der Waals surface area contributed by atoms with Gasteiger partial charge in [0.2, 0.25) is 0 Å². The van der Waals surface area contributed by atoms with Gasteiger partial charge < -0.3 is 4.74 Å². The van der Waals surface area contributed by atoms with Gasteiger partial charge in [0.15, 0.2) is 0 Å². The Morgan fingerprint density at radius 2 is 2.47 bits per heavy atom. The van der Waals surface area contributed by atoms with Crippen molar-refractivity contribution >= 4 is 33.2 Å². The monoisotopic (exact) mass is 291 g/mol. The van der Waals surface area contributed by atoms with E-state index in [-0.39, 0.29) is 10.8 Å². The van der Waals surface area contributed by atoms with Gasteiger partial charge in [-0.25, -0.2) is 9.78 Å². The van der Waals surface area contributed by atoms with Gasteiger partial charge in [0.1, 0.15) is 9.88 Å². The molecule has 3 nitrogen and oxygen atoms in total. The predicted molar refractivity (Wildman–Crippen MR) is 64.6 cm³/mol. The number of methoxy groups -OCH3 is 1. The molecule has 1 unspecified atom stereocenters. The molecule has 0 spiro atoms. The summed E-state index contributed by atoms with van der Waals surface area (Å²) in [5.41, 5.74) is 0. The second-order valence-electron chi connectivity index (χ2n) is 3.16. The van der Waals surface area contributed by atoms with Crippen LogP contribution in [0.15, 0.2) is 6.20 Å². The molecule has 84 valence electrons. The maximum absolute atomic E-state index is 11.2. The molecule has 1 rings (SSSR count). The number of thiazole rings is 1. The molecule has 15 heavy (non-hydrogen) atoms. The number of ether oxygens (including phenoxy) is 1. The Hall–Kier alpha value is -0.420. The summed E-state index contributed by atoms with van der Waals surface area (Å²) in [7, 11) is 1.38. The van der Waals surface area contributed by atoms with Crippen LogP contribution in [0.5, 0.6) is 0 Å². The van der Waals surface area contributed by atoms with Crippen molar-refractivity contribution in [1.82, 2.24) is 4.98 Å². The molecule has 5 heteroatoms. The quantitative estimate of drug-likeness (QED) is 0.615. The minimum atomic E-state index is -0.311. The zero-order valence-corrected chi connectivity index (χ0v) is 11.2. The SMILES string of the molecule is CCCCC(Br)c1ncc(C(=O)OC)s1. The van der Waals surface area contributed by atoms with Gasteiger partial charge in [-0.2, -0.15) is 0 Å². The van der Waals surface area contributed by atoms with E-state index in [1.807, 2.05) is 0 Å². The Balaban J connectivity index is 2.62. The van der Waals surface area contributed by atoms with E-state index in [0.717, 1.165) is 24.3 Å². The number of hydrogen-bond donors (Lipinski definition) is 0. The Morgan fingerprint density at radius 3 is 3.07 bits per heavy atom. The van der Waals surface area contributed by atoms with Gasteiger partial charge in [-0.1, -0.05) is 35.7 Å². The lowest BCUT2D eigenvalue weighted by molar-refractivity contribution is 0.0606. The van der Waals surface area contributed by atoms with Crippen LogP contribution in [0.4, 0.5) is 0 Å². The number of hydrogen-bond acceptors (Lipinski definition) is 4. The van der Waals surface area contributed by atoms with E-state index in [9.17, 15) is 4.79 Å². The number of nitrogens with zero attached hydrogens (tertiary/aromatic N) is 1. The summed E-state index contributed by atoms with van der Waals surface area (Å²) in [4.78, 5) is 16.2. The molecular formula is C10H14BrNO2S. The molecule has 0 N–H and O–H groups in total. The lowest BCUT2D eigenvalue weighted by atomic mass is 10.2. The predicted octanol–water partition coefficient (Wildman–Crippen LogP) is 3.56. The van der Waals surface area contributed by atoms with E-state index in [4.69, 9.17) is 0 Å². The van der Waals surface area contributed by atoms with Gasteiger partial charge in [0.05, 0.1) is 18.1 Å². The van der Waals surface area contributed by atoms with Crippen molar-refractivity contribution in [3.05, 3.63) is 16.1 Å². The van der Waals surface area contributed by atoms with Crippen molar-refractivity contribution in [3.8, 4) is 0 Å². The third kappa shape index (κ3) is 3.57. The van der Waals surface area contributed by atoms with Crippen LogP contribution in [0.2, 0.25) is 0 Å². The first-order valence-corrected chi connectivity index (χ1v) is 6.60. The van der Waals surface area contributed by atoms with E-state index in [2.05, 4.69) is 32.6 Å². The molecular weight excluding hydrogens is 278 g/mol. The molecule has 0 aliphatic rings.